The number of rotatable bonds is 7. The van der Waals surface area contributed by atoms with Gasteiger partial charge in [-0.05, 0) is 94.0 Å². The molecule has 2 heterocycles. The van der Waals surface area contributed by atoms with Gasteiger partial charge in [0.05, 0.1) is 21.0 Å². The number of amides is 1. The highest BCUT2D eigenvalue weighted by Gasteiger charge is 2.44. The molecule has 2 aromatic heterocycles. The van der Waals surface area contributed by atoms with Crippen LogP contribution in [0, 0.1) is 4.78 Å². The Bertz CT molecular complexity index is 1580. The average Bonchev–Trinajstić information content (AvgIpc) is 2.95. The normalized spacial score (nSPS) is 19.7. The van der Waals surface area contributed by atoms with Crippen molar-refractivity contribution in [1.82, 2.24) is 15.3 Å². The first-order valence-electron chi connectivity index (χ1n) is 14.0. The van der Waals surface area contributed by atoms with Crippen LogP contribution in [0.1, 0.15) is 63.8 Å². The van der Waals surface area contributed by atoms with Crippen LogP contribution in [0.25, 0.3) is 11.1 Å². The smallest absolute Gasteiger partial charge is 0.417 e. The first kappa shape index (κ1) is 34.0. The van der Waals surface area contributed by atoms with Gasteiger partial charge in [-0.1, -0.05) is 12.1 Å². The summed E-state index contributed by atoms with van der Waals surface area (Å²) in [6.45, 7) is 4.58. The lowest BCUT2D eigenvalue weighted by Crippen LogP contribution is -2.41. The highest BCUT2D eigenvalue weighted by atomic mass is 32.2. The number of nitrogens with zero attached hydrogens (tertiary/aromatic N) is 2. The fourth-order valence-electron chi connectivity index (χ4n) is 4.97. The number of nitrogens with one attached hydrogen (secondary N) is 3. The van der Waals surface area contributed by atoms with Crippen molar-refractivity contribution >= 4 is 21.6 Å². The van der Waals surface area contributed by atoms with Crippen LogP contribution in [0.3, 0.4) is 0 Å². The Morgan fingerprint density at radius 2 is 1.58 bits per heavy atom. The maximum absolute atomic E-state index is 13.9. The lowest BCUT2D eigenvalue weighted by Gasteiger charge is -2.30. The Labute approximate surface area is 257 Å². The second-order valence-electron chi connectivity index (χ2n) is 11.8. The van der Waals surface area contributed by atoms with Crippen LogP contribution in [0.15, 0.2) is 65.8 Å². The zero-order chi connectivity index (χ0) is 33.2. The van der Waals surface area contributed by atoms with Gasteiger partial charge in [-0.3, -0.25) is 4.98 Å². The van der Waals surface area contributed by atoms with E-state index in [4.69, 9.17) is 9.52 Å². The van der Waals surface area contributed by atoms with Gasteiger partial charge in [0.1, 0.15) is 11.4 Å². The predicted molar refractivity (Wildman–Crippen MR) is 156 cm³/mol. The zero-order valence-corrected chi connectivity index (χ0v) is 25.4. The summed E-state index contributed by atoms with van der Waals surface area (Å²) in [7, 11) is -3.24. The molecule has 2 unspecified atom stereocenters. The van der Waals surface area contributed by atoms with Crippen molar-refractivity contribution in [2.75, 3.05) is 5.32 Å². The van der Waals surface area contributed by atoms with Crippen molar-refractivity contribution in [3.05, 3.63) is 72.2 Å². The number of anilines is 1. The molecular formula is C30H33F6N5O3S. The Hall–Kier alpha value is -3.88. The fraction of sp³-hybridized carbons (Fsp3) is 0.433. The molecule has 3 N–H and O–H groups in total. The van der Waals surface area contributed by atoms with Crippen molar-refractivity contribution in [1.29, 1.82) is 4.78 Å². The number of alkyl carbamates (subject to hydrolysis) is 1. The number of halogens is 6. The lowest BCUT2D eigenvalue weighted by molar-refractivity contribution is -0.157. The van der Waals surface area contributed by atoms with E-state index in [1.807, 2.05) is 5.32 Å². The standard InChI is InChI=1S/C30H33F6N5O3S/c1-28(2,3)44-27(42)41-26(30(34,35)36)24-16-19(14-15-38-24)18-4-9-22(10-5-18)45(37,43)23-11-7-21(8-12-23)40-25-13-6-20(17-39-25)29(31,32)33/h4-6,9-10,13-17,21,23,26,37H,7-8,11-12H2,1-3H3,(H,39,40)(H,41,42). The Morgan fingerprint density at radius 3 is 2.11 bits per heavy atom. The number of hydrogen-bond acceptors (Lipinski definition) is 7. The number of carbonyl (C=O) groups is 1. The van der Waals surface area contributed by atoms with Crippen molar-refractivity contribution < 1.29 is 40.1 Å². The summed E-state index contributed by atoms with van der Waals surface area (Å²) in [5, 5.41) is 4.48. The summed E-state index contributed by atoms with van der Waals surface area (Å²) in [6, 6.07) is 8.54. The Kier molecular flexibility index (Phi) is 9.71. The molecule has 2 atom stereocenters. The summed E-state index contributed by atoms with van der Waals surface area (Å²) in [5.41, 5.74) is -1.44. The second-order valence-corrected chi connectivity index (χ2v) is 14.1. The maximum atomic E-state index is 13.9. The Morgan fingerprint density at radius 1 is 0.933 bits per heavy atom. The molecule has 244 valence electrons. The van der Waals surface area contributed by atoms with Crippen LogP contribution in [-0.4, -0.2) is 43.3 Å². The molecule has 3 aromatic rings. The molecule has 1 saturated carbocycles. The molecule has 8 nitrogen and oxygen atoms in total. The molecule has 4 rings (SSSR count). The van der Waals surface area contributed by atoms with Gasteiger partial charge in [-0.15, -0.1) is 0 Å². The SMILES string of the molecule is CC(C)(C)OC(=O)NC(c1cc(-c2ccc(S(=N)(=O)C3CCC(Nc4ccc(C(F)(F)F)cn4)CC3)cc2)ccn1)C(F)(F)F. The van der Waals surface area contributed by atoms with E-state index < -0.39 is 56.3 Å². The summed E-state index contributed by atoms with van der Waals surface area (Å²) in [6.07, 6.45) is -6.66. The highest BCUT2D eigenvalue weighted by Crippen LogP contribution is 2.35. The minimum Gasteiger partial charge on any atom is -0.444 e. The van der Waals surface area contributed by atoms with E-state index in [0.717, 1.165) is 12.3 Å². The third-order valence-electron chi connectivity index (χ3n) is 7.19. The summed E-state index contributed by atoms with van der Waals surface area (Å²) in [5.74, 6) is 0.301. The van der Waals surface area contributed by atoms with Crippen molar-refractivity contribution in [3.8, 4) is 11.1 Å². The van der Waals surface area contributed by atoms with E-state index in [1.54, 1.807) is 12.1 Å². The van der Waals surface area contributed by atoms with Gasteiger partial charge < -0.3 is 15.4 Å². The van der Waals surface area contributed by atoms with Crippen LogP contribution >= 0.6 is 0 Å². The molecule has 1 fully saturated rings. The van der Waals surface area contributed by atoms with Gasteiger partial charge in [0.25, 0.3) is 0 Å². The van der Waals surface area contributed by atoms with Gasteiger partial charge in [0, 0.05) is 28.6 Å². The number of hydrogen-bond donors (Lipinski definition) is 3. The molecule has 1 aliphatic rings. The number of benzene rings is 1. The van der Waals surface area contributed by atoms with Gasteiger partial charge in [0.15, 0.2) is 6.04 Å². The molecule has 1 aromatic carbocycles. The minimum absolute atomic E-state index is 0.103. The number of carbonyl (C=O) groups excluding carboxylic acids is 1. The van der Waals surface area contributed by atoms with Gasteiger partial charge >= 0.3 is 18.4 Å². The molecular weight excluding hydrogens is 624 g/mol. The molecule has 0 saturated heterocycles. The van der Waals surface area contributed by atoms with E-state index in [0.29, 0.717) is 42.6 Å². The summed E-state index contributed by atoms with van der Waals surface area (Å²) >= 11 is 0. The van der Waals surface area contributed by atoms with E-state index in [2.05, 4.69) is 15.3 Å². The molecule has 0 aliphatic heterocycles. The first-order valence-corrected chi connectivity index (χ1v) is 15.6. The number of aromatic nitrogens is 2. The molecule has 0 radical (unpaired) electrons. The van der Waals surface area contributed by atoms with Gasteiger partial charge in [-0.2, -0.15) is 26.3 Å². The largest absolute Gasteiger partial charge is 0.444 e. The lowest BCUT2D eigenvalue weighted by atomic mass is 9.95. The third kappa shape index (κ3) is 8.86. The zero-order valence-electron chi connectivity index (χ0n) is 24.6. The van der Waals surface area contributed by atoms with Crippen LogP contribution in [0.5, 0.6) is 0 Å². The van der Waals surface area contributed by atoms with E-state index >= 15 is 0 Å². The molecule has 0 spiro atoms. The number of alkyl halides is 6. The minimum atomic E-state index is -4.86. The monoisotopic (exact) mass is 657 g/mol. The van der Waals surface area contributed by atoms with E-state index in [-0.39, 0.29) is 10.9 Å². The summed E-state index contributed by atoms with van der Waals surface area (Å²) < 4.78 is 107. The van der Waals surface area contributed by atoms with E-state index in [9.17, 15) is 35.3 Å². The van der Waals surface area contributed by atoms with Crippen LogP contribution in [-0.2, 0) is 20.6 Å². The molecule has 1 aliphatic carbocycles. The Balaban J connectivity index is 1.42. The van der Waals surface area contributed by atoms with Gasteiger partial charge in [-0.25, -0.2) is 18.8 Å². The number of pyridine rings is 2. The van der Waals surface area contributed by atoms with E-state index in [1.165, 1.54) is 57.3 Å². The van der Waals surface area contributed by atoms with Crippen molar-refractivity contribution in [2.45, 2.75) is 86.6 Å². The molecule has 15 heteroatoms. The van der Waals surface area contributed by atoms with Crippen LogP contribution in [0.2, 0.25) is 0 Å². The highest BCUT2D eigenvalue weighted by molar-refractivity contribution is 7.93. The third-order valence-corrected chi connectivity index (χ3v) is 9.57. The topological polar surface area (TPSA) is 117 Å². The quantitative estimate of drug-likeness (QED) is 0.221. The fourth-order valence-corrected chi connectivity index (χ4v) is 6.83. The maximum Gasteiger partial charge on any atom is 0.417 e. The van der Waals surface area contributed by atoms with Gasteiger partial charge in [0.2, 0.25) is 0 Å². The molecule has 1 amide bonds. The number of ether oxygens (including phenoxy) is 1. The first-order chi connectivity index (χ1) is 20.8. The van der Waals surface area contributed by atoms with Crippen LogP contribution < -0.4 is 10.6 Å². The molecule has 45 heavy (non-hydrogen) atoms. The second kappa shape index (κ2) is 12.9. The van der Waals surface area contributed by atoms with Crippen molar-refractivity contribution in [2.24, 2.45) is 0 Å². The summed E-state index contributed by atoms with van der Waals surface area (Å²) in [4.78, 5) is 20.0. The average molecular weight is 658 g/mol. The predicted octanol–water partition coefficient (Wildman–Crippen LogP) is 8.12. The van der Waals surface area contributed by atoms with Crippen molar-refractivity contribution in [3.63, 3.8) is 0 Å². The van der Waals surface area contributed by atoms with Crippen LogP contribution in [0.4, 0.5) is 37.0 Å². The molecule has 0 bridgehead atoms.